The number of benzene rings is 2. The van der Waals surface area contributed by atoms with Crippen LogP contribution in [0.5, 0.6) is 5.75 Å². The smallest absolute Gasteiger partial charge is 0.239 e. The van der Waals surface area contributed by atoms with Gasteiger partial charge in [-0.25, -0.2) is 4.98 Å². The standard InChI is InChI=1S/C26H24N4O3/c1-19-23(28-25(33-19)21-7-3-2-4-8-21)13-16-31-22-11-9-20(10-12-22)17-24(26-29-27-18-32-26)30-14-5-6-15-30/h2-12,14-15,18,24H,13,16-17H2,1H3/t24-/m0/s1. The van der Waals surface area contributed by atoms with Crippen molar-refractivity contribution in [2.24, 2.45) is 0 Å². The van der Waals surface area contributed by atoms with Gasteiger partial charge >= 0.3 is 0 Å². The summed E-state index contributed by atoms with van der Waals surface area (Å²) < 4.78 is 19.3. The van der Waals surface area contributed by atoms with E-state index in [0.717, 1.165) is 34.8 Å². The van der Waals surface area contributed by atoms with Crippen molar-refractivity contribution in [3.63, 3.8) is 0 Å². The maximum atomic E-state index is 5.96. The van der Waals surface area contributed by atoms with Gasteiger partial charge in [-0.3, -0.25) is 0 Å². The summed E-state index contributed by atoms with van der Waals surface area (Å²) in [6.07, 6.45) is 6.78. The molecule has 33 heavy (non-hydrogen) atoms. The van der Waals surface area contributed by atoms with Crippen molar-refractivity contribution in [3.05, 3.63) is 108 Å². The number of ether oxygens (including phenoxy) is 1. The summed E-state index contributed by atoms with van der Waals surface area (Å²) in [5, 5.41) is 7.94. The van der Waals surface area contributed by atoms with Crippen molar-refractivity contribution in [1.82, 2.24) is 19.7 Å². The van der Waals surface area contributed by atoms with Crippen LogP contribution in [-0.4, -0.2) is 26.4 Å². The molecule has 5 aromatic rings. The molecule has 166 valence electrons. The maximum Gasteiger partial charge on any atom is 0.239 e. The summed E-state index contributed by atoms with van der Waals surface area (Å²) in [6.45, 7) is 2.46. The predicted octanol–water partition coefficient (Wildman–Crippen LogP) is 5.29. The van der Waals surface area contributed by atoms with Crippen LogP contribution in [0, 0.1) is 6.92 Å². The highest BCUT2D eigenvalue weighted by molar-refractivity contribution is 5.53. The minimum absolute atomic E-state index is 0.0526. The molecule has 0 amide bonds. The summed E-state index contributed by atoms with van der Waals surface area (Å²) in [5.74, 6) is 2.87. The third-order valence-electron chi connectivity index (χ3n) is 5.52. The number of aromatic nitrogens is 4. The average molecular weight is 441 g/mol. The van der Waals surface area contributed by atoms with Crippen molar-refractivity contribution in [2.75, 3.05) is 6.61 Å². The van der Waals surface area contributed by atoms with E-state index in [1.807, 2.05) is 73.9 Å². The lowest BCUT2D eigenvalue weighted by molar-refractivity contribution is 0.319. The van der Waals surface area contributed by atoms with E-state index >= 15 is 0 Å². The molecule has 0 aliphatic rings. The van der Waals surface area contributed by atoms with Gasteiger partial charge in [0.15, 0.2) is 0 Å². The summed E-state index contributed by atoms with van der Waals surface area (Å²) >= 11 is 0. The fraction of sp³-hybridized carbons (Fsp3) is 0.192. The summed E-state index contributed by atoms with van der Waals surface area (Å²) in [7, 11) is 0. The Labute approximate surface area is 191 Å². The van der Waals surface area contributed by atoms with Crippen molar-refractivity contribution in [1.29, 1.82) is 0 Å². The third-order valence-corrected chi connectivity index (χ3v) is 5.52. The van der Waals surface area contributed by atoms with Gasteiger partial charge in [0.25, 0.3) is 0 Å². The first-order valence-corrected chi connectivity index (χ1v) is 10.9. The second-order valence-corrected chi connectivity index (χ2v) is 7.76. The number of hydrogen-bond acceptors (Lipinski definition) is 6. The van der Waals surface area contributed by atoms with E-state index in [1.165, 1.54) is 6.39 Å². The molecule has 0 unspecified atom stereocenters. The van der Waals surface area contributed by atoms with Gasteiger partial charge in [-0.15, -0.1) is 10.2 Å². The summed E-state index contributed by atoms with van der Waals surface area (Å²) in [5.41, 5.74) is 3.04. The third kappa shape index (κ3) is 4.87. The largest absolute Gasteiger partial charge is 0.493 e. The van der Waals surface area contributed by atoms with Crippen LogP contribution in [0.2, 0.25) is 0 Å². The zero-order valence-corrected chi connectivity index (χ0v) is 18.3. The Bertz CT molecular complexity index is 1230. The van der Waals surface area contributed by atoms with Gasteiger partial charge in [0.1, 0.15) is 17.6 Å². The molecule has 3 aromatic heterocycles. The number of rotatable bonds is 9. The van der Waals surface area contributed by atoms with Gasteiger partial charge in [-0.1, -0.05) is 30.3 Å². The molecular weight excluding hydrogens is 416 g/mol. The lowest BCUT2D eigenvalue weighted by Crippen LogP contribution is -2.12. The fourth-order valence-electron chi connectivity index (χ4n) is 3.78. The predicted molar refractivity (Wildman–Crippen MR) is 123 cm³/mol. The Morgan fingerprint density at radius 3 is 2.48 bits per heavy atom. The second-order valence-electron chi connectivity index (χ2n) is 7.76. The van der Waals surface area contributed by atoms with Gasteiger partial charge in [-0.2, -0.15) is 0 Å². The molecule has 7 nitrogen and oxygen atoms in total. The Balaban J connectivity index is 1.19. The van der Waals surface area contributed by atoms with Crippen LogP contribution in [0.4, 0.5) is 0 Å². The molecular formula is C26H24N4O3. The van der Waals surface area contributed by atoms with Gasteiger partial charge in [0.05, 0.1) is 12.3 Å². The summed E-state index contributed by atoms with van der Waals surface area (Å²) in [6, 6.07) is 21.9. The monoisotopic (exact) mass is 440 g/mol. The van der Waals surface area contributed by atoms with Crippen molar-refractivity contribution in [3.8, 4) is 17.2 Å². The van der Waals surface area contributed by atoms with Crippen LogP contribution in [-0.2, 0) is 12.8 Å². The number of nitrogens with zero attached hydrogens (tertiary/aromatic N) is 4. The number of hydrogen-bond donors (Lipinski definition) is 0. The molecule has 0 N–H and O–H groups in total. The first-order valence-electron chi connectivity index (χ1n) is 10.9. The molecule has 3 heterocycles. The molecule has 0 radical (unpaired) electrons. The molecule has 0 aliphatic carbocycles. The lowest BCUT2D eigenvalue weighted by atomic mass is 10.1. The number of aryl methyl sites for hydroxylation is 1. The molecule has 1 atom stereocenters. The summed E-state index contributed by atoms with van der Waals surface area (Å²) in [4.78, 5) is 4.64. The van der Waals surface area contributed by atoms with Crippen LogP contribution >= 0.6 is 0 Å². The zero-order chi connectivity index (χ0) is 22.5. The molecule has 0 saturated carbocycles. The van der Waals surface area contributed by atoms with E-state index in [0.29, 0.717) is 24.8 Å². The van der Waals surface area contributed by atoms with E-state index in [1.54, 1.807) is 0 Å². The Morgan fingerprint density at radius 2 is 1.76 bits per heavy atom. The second kappa shape index (κ2) is 9.56. The first-order chi connectivity index (χ1) is 16.3. The van der Waals surface area contributed by atoms with Crippen LogP contribution in [0.15, 0.2) is 94.4 Å². The Kier molecular flexibility index (Phi) is 6.01. The highest BCUT2D eigenvalue weighted by Gasteiger charge is 2.19. The van der Waals surface area contributed by atoms with Crippen LogP contribution in [0.3, 0.4) is 0 Å². The molecule has 0 spiro atoms. The highest BCUT2D eigenvalue weighted by atomic mass is 16.5. The van der Waals surface area contributed by atoms with Crippen LogP contribution in [0.1, 0.15) is 29.0 Å². The molecule has 0 fully saturated rings. The van der Waals surface area contributed by atoms with Crippen molar-refractivity contribution >= 4 is 0 Å². The molecule has 0 aliphatic heterocycles. The van der Waals surface area contributed by atoms with Gasteiger partial charge < -0.3 is 18.1 Å². The average Bonchev–Trinajstić information content (AvgIpc) is 3.62. The SMILES string of the molecule is Cc1oc(-c2ccccc2)nc1CCOc1ccc(C[C@@H](c2nnco2)n2cccc2)cc1. The van der Waals surface area contributed by atoms with E-state index in [-0.39, 0.29) is 6.04 Å². The van der Waals surface area contributed by atoms with E-state index in [9.17, 15) is 0 Å². The quantitative estimate of drug-likeness (QED) is 0.310. The Hall–Kier alpha value is -4.13. The first kappa shape index (κ1) is 20.8. The van der Waals surface area contributed by atoms with Gasteiger partial charge in [0, 0.05) is 30.8 Å². The van der Waals surface area contributed by atoms with E-state index in [4.69, 9.17) is 13.6 Å². The molecule has 7 heteroatoms. The maximum absolute atomic E-state index is 5.96. The fourth-order valence-corrected chi connectivity index (χ4v) is 3.78. The number of oxazole rings is 1. The zero-order valence-electron chi connectivity index (χ0n) is 18.3. The molecule has 0 saturated heterocycles. The van der Waals surface area contributed by atoms with E-state index in [2.05, 4.69) is 31.9 Å². The highest BCUT2D eigenvalue weighted by Crippen LogP contribution is 2.24. The normalized spacial score (nSPS) is 12.0. The molecule has 0 bridgehead atoms. The van der Waals surface area contributed by atoms with Gasteiger partial charge in [0.2, 0.25) is 18.2 Å². The molecule has 2 aromatic carbocycles. The topological polar surface area (TPSA) is 79.1 Å². The van der Waals surface area contributed by atoms with E-state index < -0.39 is 0 Å². The Morgan fingerprint density at radius 1 is 0.970 bits per heavy atom. The minimum atomic E-state index is -0.0526. The van der Waals surface area contributed by atoms with Crippen LogP contribution < -0.4 is 4.74 Å². The van der Waals surface area contributed by atoms with Gasteiger partial charge in [-0.05, 0) is 48.9 Å². The van der Waals surface area contributed by atoms with Crippen molar-refractivity contribution in [2.45, 2.75) is 25.8 Å². The lowest BCUT2D eigenvalue weighted by Gasteiger charge is -2.15. The van der Waals surface area contributed by atoms with Crippen LogP contribution in [0.25, 0.3) is 11.5 Å². The minimum Gasteiger partial charge on any atom is -0.493 e. The molecule has 5 rings (SSSR count). The van der Waals surface area contributed by atoms with Crippen molar-refractivity contribution < 1.29 is 13.6 Å².